The fourth-order valence-electron chi connectivity index (χ4n) is 0.306. The van der Waals surface area contributed by atoms with E-state index in [9.17, 15) is 0 Å². The molecule has 0 atom stereocenters. The summed E-state index contributed by atoms with van der Waals surface area (Å²) >= 11 is 0. The van der Waals surface area contributed by atoms with E-state index in [0.29, 0.717) is 0 Å². The zero-order valence-electron chi connectivity index (χ0n) is 7.41. The van der Waals surface area contributed by atoms with Gasteiger partial charge in [0.2, 0.25) is 0 Å². The van der Waals surface area contributed by atoms with Crippen LogP contribution in [-0.2, 0) is 4.43 Å². The summed E-state index contributed by atoms with van der Waals surface area (Å²) in [7, 11) is -0.356. The summed E-state index contributed by atoms with van der Waals surface area (Å²) < 4.78 is 5.50. The van der Waals surface area contributed by atoms with Crippen molar-refractivity contribution in [3.63, 3.8) is 0 Å². The van der Waals surface area contributed by atoms with Crippen LogP contribution in [0.5, 0.6) is 0 Å². The van der Waals surface area contributed by atoms with Gasteiger partial charge in [-0.05, 0) is 13.1 Å². The highest BCUT2D eigenvalue weighted by Crippen LogP contribution is 2.18. The lowest BCUT2D eigenvalue weighted by atomic mass is 11.8. The molecule has 56 valence electrons. The first-order chi connectivity index (χ1) is 3.81. The van der Waals surface area contributed by atoms with Crippen molar-refractivity contribution >= 4 is 15.4 Å². The van der Waals surface area contributed by atoms with Gasteiger partial charge in [-0.25, -0.2) is 0 Å². The van der Waals surface area contributed by atoms with Gasteiger partial charge in [0.25, 0.3) is 0 Å². The summed E-state index contributed by atoms with van der Waals surface area (Å²) in [5.74, 6) is 0. The van der Waals surface area contributed by atoms with E-state index in [0.717, 1.165) is 0 Å². The van der Waals surface area contributed by atoms with Crippen molar-refractivity contribution in [1.82, 2.24) is 0 Å². The van der Waals surface area contributed by atoms with Gasteiger partial charge in [0.05, 0.1) is 7.59 Å². The summed E-state index contributed by atoms with van der Waals surface area (Å²) in [5, 5.41) is 0. The van der Waals surface area contributed by atoms with E-state index in [4.69, 9.17) is 4.43 Å². The highest BCUT2D eigenvalue weighted by Gasteiger charge is 2.37. The number of hydrogen-bond donors (Lipinski definition) is 0. The molecule has 0 aromatic rings. The molecule has 9 heavy (non-hydrogen) atoms. The molecule has 0 spiro atoms. The maximum absolute atomic E-state index is 5.50. The fraction of sp³-hybridized carbons (Fsp3) is 1.00. The van der Waals surface area contributed by atoms with E-state index < -0.39 is 15.4 Å². The molecule has 0 bridgehead atoms. The Morgan fingerprint density at radius 2 is 1.22 bits per heavy atom. The zero-order valence-corrected chi connectivity index (χ0v) is 9.41. The van der Waals surface area contributed by atoms with Gasteiger partial charge in [0, 0.05) is 7.11 Å². The molecule has 0 fully saturated rings. The third-order valence-corrected chi connectivity index (χ3v) is 18.4. The van der Waals surface area contributed by atoms with E-state index in [1.165, 1.54) is 0 Å². The summed E-state index contributed by atoms with van der Waals surface area (Å²) in [6.45, 7) is 11.7. The Balaban J connectivity index is 4.14. The van der Waals surface area contributed by atoms with Gasteiger partial charge in [0.15, 0.2) is 7.83 Å². The number of hydrogen-bond acceptors (Lipinski definition) is 1. The van der Waals surface area contributed by atoms with Crippen molar-refractivity contribution < 1.29 is 4.43 Å². The molecule has 0 saturated heterocycles. The lowest BCUT2D eigenvalue weighted by Crippen LogP contribution is -2.54. The molecule has 0 aliphatic rings. The molecule has 0 saturated carbocycles. The van der Waals surface area contributed by atoms with E-state index >= 15 is 0 Å². The SMILES string of the molecule is CO[Si](C)(C)[Si](C)(C)C. The molecule has 0 heterocycles. The maximum atomic E-state index is 5.50. The molecule has 0 amide bonds. The predicted octanol–water partition coefficient (Wildman–Crippen LogP) is 2.25. The Hall–Kier alpha value is 0.394. The largest absolute Gasteiger partial charge is 0.423 e. The molecule has 0 N–H and O–H groups in total. The molecule has 1 nitrogen and oxygen atoms in total. The van der Waals surface area contributed by atoms with Gasteiger partial charge in [-0.2, -0.15) is 0 Å². The molecule has 0 unspecified atom stereocenters. The molecular formula is C6H18OSi2. The Morgan fingerprint density at radius 3 is 1.22 bits per heavy atom. The second kappa shape index (κ2) is 2.56. The van der Waals surface area contributed by atoms with Crippen LogP contribution in [0.25, 0.3) is 0 Å². The van der Waals surface area contributed by atoms with Crippen molar-refractivity contribution in [2.45, 2.75) is 32.7 Å². The van der Waals surface area contributed by atoms with Crippen molar-refractivity contribution in [2.75, 3.05) is 7.11 Å². The van der Waals surface area contributed by atoms with E-state index in [1.807, 2.05) is 7.11 Å². The molecule has 0 aromatic heterocycles. The van der Waals surface area contributed by atoms with Crippen LogP contribution in [0.4, 0.5) is 0 Å². The van der Waals surface area contributed by atoms with E-state index in [1.54, 1.807) is 0 Å². The summed E-state index contributed by atoms with van der Waals surface area (Å²) in [6.07, 6.45) is 0. The molecular weight excluding hydrogens is 144 g/mol. The summed E-state index contributed by atoms with van der Waals surface area (Å²) in [4.78, 5) is 0. The average molecular weight is 162 g/mol. The van der Waals surface area contributed by atoms with Gasteiger partial charge in [-0.3, -0.25) is 0 Å². The second-order valence-electron chi connectivity index (χ2n) is 3.96. The van der Waals surface area contributed by atoms with Crippen LogP contribution >= 0.6 is 0 Å². The third kappa shape index (κ3) is 2.23. The molecule has 0 rings (SSSR count). The normalized spacial score (nSPS) is 14.0. The van der Waals surface area contributed by atoms with E-state index in [2.05, 4.69) is 32.7 Å². The monoisotopic (exact) mass is 162 g/mol. The van der Waals surface area contributed by atoms with Crippen molar-refractivity contribution in [3.05, 3.63) is 0 Å². The minimum atomic E-state index is -1.24. The predicted molar refractivity (Wildman–Crippen MR) is 47.8 cm³/mol. The number of rotatable bonds is 2. The van der Waals surface area contributed by atoms with Crippen LogP contribution in [0.2, 0.25) is 32.7 Å². The first kappa shape index (κ1) is 9.39. The van der Waals surface area contributed by atoms with Crippen LogP contribution in [0, 0.1) is 0 Å². The second-order valence-corrected chi connectivity index (χ2v) is 20.0. The van der Waals surface area contributed by atoms with Gasteiger partial charge in [0.1, 0.15) is 0 Å². The highest BCUT2D eigenvalue weighted by atomic mass is 29.3. The lowest BCUT2D eigenvalue weighted by molar-refractivity contribution is 0.419. The van der Waals surface area contributed by atoms with Gasteiger partial charge >= 0.3 is 0 Å². The average Bonchev–Trinajstić information content (AvgIpc) is 1.64. The Labute approximate surface area is 60.4 Å². The van der Waals surface area contributed by atoms with Crippen LogP contribution in [0.3, 0.4) is 0 Å². The zero-order chi connectivity index (χ0) is 7.71. The van der Waals surface area contributed by atoms with Crippen LogP contribution < -0.4 is 0 Å². The van der Waals surface area contributed by atoms with Crippen LogP contribution in [-0.4, -0.2) is 22.5 Å². The third-order valence-electron chi connectivity index (χ3n) is 2.32. The Bertz CT molecular complexity index is 93.7. The quantitative estimate of drug-likeness (QED) is 0.566. The topological polar surface area (TPSA) is 9.23 Å². The summed E-state index contributed by atoms with van der Waals surface area (Å²) in [5.41, 5.74) is 0. The lowest BCUT2D eigenvalue weighted by Gasteiger charge is -2.32. The highest BCUT2D eigenvalue weighted by molar-refractivity contribution is 7.37. The Morgan fingerprint density at radius 1 is 0.889 bits per heavy atom. The molecule has 0 aliphatic heterocycles. The van der Waals surface area contributed by atoms with Crippen LogP contribution in [0.1, 0.15) is 0 Å². The molecule has 0 aromatic carbocycles. The first-order valence-corrected chi connectivity index (χ1v) is 10.8. The summed E-state index contributed by atoms with van der Waals surface area (Å²) in [6, 6.07) is 0. The van der Waals surface area contributed by atoms with E-state index in [-0.39, 0.29) is 0 Å². The molecule has 0 aliphatic carbocycles. The first-order valence-electron chi connectivity index (χ1n) is 3.36. The van der Waals surface area contributed by atoms with Gasteiger partial charge in [-0.1, -0.05) is 19.6 Å². The Kier molecular flexibility index (Phi) is 2.67. The van der Waals surface area contributed by atoms with Gasteiger partial charge in [-0.15, -0.1) is 0 Å². The molecule has 3 heteroatoms. The standard InChI is InChI=1S/C6H18OSi2/c1-7-9(5,6)8(2,3)4/h1-6H3. The van der Waals surface area contributed by atoms with Crippen LogP contribution in [0.15, 0.2) is 0 Å². The smallest absolute Gasteiger partial charge is 0.173 e. The molecule has 0 radical (unpaired) electrons. The van der Waals surface area contributed by atoms with Crippen molar-refractivity contribution in [2.24, 2.45) is 0 Å². The van der Waals surface area contributed by atoms with Crippen molar-refractivity contribution in [1.29, 1.82) is 0 Å². The minimum absolute atomic E-state index is 0.968. The van der Waals surface area contributed by atoms with Gasteiger partial charge < -0.3 is 4.43 Å². The minimum Gasteiger partial charge on any atom is -0.423 e. The maximum Gasteiger partial charge on any atom is 0.173 e. The fourth-order valence-corrected chi connectivity index (χ4v) is 2.76. The van der Waals surface area contributed by atoms with Crippen molar-refractivity contribution in [3.8, 4) is 0 Å².